The van der Waals surface area contributed by atoms with Crippen LogP contribution in [0.3, 0.4) is 0 Å². The Morgan fingerprint density at radius 1 is 0.778 bits per heavy atom. The van der Waals surface area contributed by atoms with Crippen molar-refractivity contribution in [1.29, 1.82) is 10.8 Å². The van der Waals surface area contributed by atoms with Crippen molar-refractivity contribution >= 4 is 77.7 Å². The number of nitrogens with one attached hydrogen (secondary N) is 2. The van der Waals surface area contributed by atoms with Gasteiger partial charge in [0.05, 0.1) is 9.79 Å². The maximum Gasteiger partial charge on any atom is 0.207 e. The summed E-state index contributed by atoms with van der Waals surface area (Å²) in [6.45, 7) is 0. The first-order chi connectivity index (χ1) is 11.8. The fourth-order valence-corrected chi connectivity index (χ4v) is 5.23. The van der Waals surface area contributed by atoms with Crippen LogP contribution in [0, 0.1) is 10.8 Å². The van der Waals surface area contributed by atoms with Crippen molar-refractivity contribution in [3.63, 3.8) is 0 Å². The van der Waals surface area contributed by atoms with Gasteiger partial charge in [0.1, 0.15) is 0 Å². The first kappa shape index (κ1) is 26.0. The molecule has 0 aliphatic rings. The molecule has 27 heavy (non-hydrogen) atoms. The lowest BCUT2D eigenvalue weighted by molar-refractivity contribution is 0.594. The Morgan fingerprint density at radius 3 is 1.44 bits per heavy atom. The van der Waals surface area contributed by atoms with E-state index in [9.17, 15) is 8.42 Å². The van der Waals surface area contributed by atoms with Gasteiger partial charge >= 0.3 is 0 Å². The number of benzene rings is 2. The second-order valence-corrected chi connectivity index (χ2v) is 8.95. The van der Waals surface area contributed by atoms with Gasteiger partial charge in [0, 0.05) is 11.5 Å². The van der Waals surface area contributed by atoms with Gasteiger partial charge in [0.25, 0.3) is 0 Å². The molecule has 2 aromatic carbocycles. The molecule has 0 saturated heterocycles. The van der Waals surface area contributed by atoms with E-state index in [4.69, 9.17) is 22.3 Å². The lowest BCUT2D eigenvalue weighted by atomic mass is 10.2. The molecule has 0 unspecified atom stereocenters. The predicted molar refractivity (Wildman–Crippen MR) is 125 cm³/mol. The van der Waals surface area contributed by atoms with E-state index in [0.29, 0.717) is 22.6 Å². The van der Waals surface area contributed by atoms with Crippen molar-refractivity contribution in [1.82, 2.24) is 0 Å². The molecule has 0 saturated carbocycles. The zero-order valence-corrected chi connectivity index (χ0v) is 19.9. The first-order valence-electron chi connectivity index (χ1n) is 7.17. The molecule has 6 N–H and O–H groups in total. The molecule has 0 atom stereocenters. The second kappa shape index (κ2) is 11.7. The van der Waals surface area contributed by atoms with Crippen LogP contribution in [0.25, 0.3) is 0 Å². The Bertz CT molecular complexity index is 841. The monoisotopic (exact) mass is 554 g/mol. The van der Waals surface area contributed by atoms with Gasteiger partial charge < -0.3 is 11.5 Å². The zero-order valence-electron chi connectivity index (χ0n) is 14.0. The van der Waals surface area contributed by atoms with E-state index in [1.54, 1.807) is 48.5 Å². The summed E-state index contributed by atoms with van der Waals surface area (Å²) in [6.07, 6.45) is 0. The standard InChI is InChI=1S/C16H18N4O2S3.2BrH/c17-15(18)23-9-11-5-1-3-7-13(11)25(21,22)14-8-4-2-6-12(14)10-24-16(19)20;;/h1-8H,9-10H2,(H3,17,18)(H3,19,20);2*1H. The van der Waals surface area contributed by atoms with Crippen LogP contribution >= 0.6 is 57.5 Å². The van der Waals surface area contributed by atoms with Crippen LogP contribution in [-0.2, 0) is 21.3 Å². The van der Waals surface area contributed by atoms with Crippen LogP contribution in [0.5, 0.6) is 0 Å². The molecule has 0 fully saturated rings. The number of hydrogen-bond acceptors (Lipinski definition) is 6. The van der Waals surface area contributed by atoms with Crippen LogP contribution in [0.2, 0.25) is 0 Å². The second-order valence-electron chi connectivity index (χ2n) is 5.02. The largest absolute Gasteiger partial charge is 0.379 e. The normalized spacial score (nSPS) is 10.4. The maximum atomic E-state index is 13.2. The highest BCUT2D eigenvalue weighted by Gasteiger charge is 2.23. The molecule has 6 nitrogen and oxygen atoms in total. The van der Waals surface area contributed by atoms with Gasteiger partial charge in [-0.05, 0) is 23.3 Å². The molecule has 0 aromatic heterocycles. The zero-order chi connectivity index (χ0) is 18.4. The molecule has 2 rings (SSSR count). The van der Waals surface area contributed by atoms with Gasteiger partial charge in [0.2, 0.25) is 9.84 Å². The number of thioether (sulfide) groups is 2. The number of nitrogens with two attached hydrogens (primary N) is 2. The summed E-state index contributed by atoms with van der Waals surface area (Å²) < 4.78 is 26.4. The van der Waals surface area contributed by atoms with E-state index in [1.807, 2.05) is 0 Å². The van der Waals surface area contributed by atoms with Crippen LogP contribution in [0.4, 0.5) is 0 Å². The Labute approximate surface area is 188 Å². The van der Waals surface area contributed by atoms with E-state index < -0.39 is 9.84 Å². The Morgan fingerprint density at radius 2 is 1.11 bits per heavy atom. The fourth-order valence-electron chi connectivity index (χ4n) is 2.20. The molecular weight excluding hydrogens is 536 g/mol. The highest BCUT2D eigenvalue weighted by atomic mass is 79.9. The van der Waals surface area contributed by atoms with E-state index >= 15 is 0 Å². The first-order valence-corrected chi connectivity index (χ1v) is 10.6. The minimum Gasteiger partial charge on any atom is -0.379 e. The summed E-state index contributed by atoms with van der Waals surface area (Å²) in [5.74, 6) is 0.601. The van der Waals surface area contributed by atoms with Gasteiger partial charge in [0.15, 0.2) is 10.3 Å². The van der Waals surface area contributed by atoms with Crippen molar-refractivity contribution in [3.8, 4) is 0 Å². The average molecular weight is 556 g/mol. The summed E-state index contributed by atoms with van der Waals surface area (Å²) in [4.78, 5) is 0.396. The van der Waals surface area contributed by atoms with Crippen molar-refractivity contribution in [2.45, 2.75) is 21.3 Å². The van der Waals surface area contributed by atoms with Gasteiger partial charge in [-0.3, -0.25) is 10.8 Å². The van der Waals surface area contributed by atoms with E-state index in [-0.39, 0.29) is 54.1 Å². The molecule has 2 aromatic rings. The predicted octanol–water partition coefficient (Wildman–Crippen LogP) is 3.93. The maximum absolute atomic E-state index is 13.2. The third-order valence-electron chi connectivity index (χ3n) is 3.29. The summed E-state index contributed by atoms with van der Waals surface area (Å²) in [5, 5.41) is 14.5. The highest BCUT2D eigenvalue weighted by molar-refractivity contribution is 8.93. The molecule has 0 aliphatic carbocycles. The Balaban J connectivity index is 0.00000338. The average Bonchev–Trinajstić information content (AvgIpc) is 2.58. The van der Waals surface area contributed by atoms with Crippen molar-refractivity contribution in [2.75, 3.05) is 0 Å². The third kappa shape index (κ3) is 7.15. The van der Waals surface area contributed by atoms with Crippen LogP contribution in [0.15, 0.2) is 58.3 Å². The van der Waals surface area contributed by atoms with Crippen LogP contribution < -0.4 is 11.5 Å². The van der Waals surface area contributed by atoms with Crippen molar-refractivity contribution in [2.24, 2.45) is 11.5 Å². The number of hydrogen-bond donors (Lipinski definition) is 4. The number of sulfone groups is 1. The Kier molecular flexibility index (Phi) is 11.3. The quantitative estimate of drug-likeness (QED) is 0.315. The summed E-state index contributed by atoms with van der Waals surface area (Å²) in [7, 11) is -3.75. The summed E-state index contributed by atoms with van der Waals surface area (Å²) >= 11 is 2.15. The molecular formula is C16H20Br2N4O2S3. The lowest BCUT2D eigenvalue weighted by Crippen LogP contribution is -2.10. The molecule has 11 heteroatoms. The van der Waals surface area contributed by atoms with Crippen LogP contribution in [-0.4, -0.2) is 18.8 Å². The van der Waals surface area contributed by atoms with Gasteiger partial charge in [-0.1, -0.05) is 59.9 Å². The van der Waals surface area contributed by atoms with E-state index in [1.165, 1.54) is 0 Å². The van der Waals surface area contributed by atoms with E-state index in [0.717, 1.165) is 23.5 Å². The topological polar surface area (TPSA) is 134 Å². The highest BCUT2D eigenvalue weighted by Crippen LogP contribution is 2.30. The van der Waals surface area contributed by atoms with Crippen molar-refractivity contribution in [3.05, 3.63) is 59.7 Å². The SMILES string of the molecule is Br.Br.N=C(N)SCc1ccccc1S(=O)(=O)c1ccccc1CSC(=N)N. The van der Waals surface area contributed by atoms with Crippen molar-refractivity contribution < 1.29 is 8.42 Å². The summed E-state index contributed by atoms with van der Waals surface area (Å²) in [6, 6.07) is 13.4. The number of halogens is 2. The lowest BCUT2D eigenvalue weighted by Gasteiger charge is -2.13. The Hall–Kier alpha value is -1.01. The van der Waals surface area contributed by atoms with Gasteiger partial charge in [-0.2, -0.15) is 0 Å². The molecule has 0 spiro atoms. The smallest absolute Gasteiger partial charge is 0.207 e. The molecule has 0 aliphatic heterocycles. The van der Waals surface area contributed by atoms with Gasteiger partial charge in [-0.15, -0.1) is 34.0 Å². The molecule has 0 heterocycles. The number of amidine groups is 2. The fraction of sp³-hybridized carbons (Fsp3) is 0.125. The third-order valence-corrected chi connectivity index (χ3v) is 6.78. The van der Waals surface area contributed by atoms with E-state index in [2.05, 4.69) is 0 Å². The molecule has 0 radical (unpaired) electrons. The summed E-state index contributed by atoms with van der Waals surface area (Å²) in [5.41, 5.74) is 11.9. The van der Waals surface area contributed by atoms with Crippen LogP contribution in [0.1, 0.15) is 11.1 Å². The van der Waals surface area contributed by atoms with Gasteiger partial charge in [-0.25, -0.2) is 8.42 Å². The molecule has 148 valence electrons. The molecule has 0 amide bonds. The minimum atomic E-state index is -3.75. The molecule has 0 bridgehead atoms. The minimum absolute atomic E-state index is 0. The number of rotatable bonds is 6.